The molecule has 0 saturated heterocycles. The first-order valence-corrected chi connectivity index (χ1v) is 4.54. The summed E-state index contributed by atoms with van der Waals surface area (Å²) in [5.74, 6) is -0.561. The van der Waals surface area contributed by atoms with E-state index in [0.29, 0.717) is 16.3 Å². The molecule has 14 heavy (non-hydrogen) atoms. The topological polar surface area (TPSA) is 46.5 Å². The van der Waals surface area contributed by atoms with Gasteiger partial charge < -0.3 is 9.84 Å². The van der Waals surface area contributed by atoms with Crippen LogP contribution in [0.3, 0.4) is 0 Å². The molecule has 0 aliphatic heterocycles. The van der Waals surface area contributed by atoms with Crippen LogP contribution < -0.4 is 4.74 Å². The van der Waals surface area contributed by atoms with Crippen LogP contribution in [0.5, 0.6) is 5.75 Å². The third-order valence-corrected chi connectivity index (χ3v) is 2.47. The monoisotopic (exact) mass is 234 g/mol. The molecule has 1 N–H and O–H groups in total. The Balaban J connectivity index is 3.18. The highest BCUT2D eigenvalue weighted by Gasteiger charge is 2.13. The highest BCUT2D eigenvalue weighted by molar-refractivity contribution is 6.37. The lowest BCUT2D eigenvalue weighted by molar-refractivity contribution is -0.136. The minimum atomic E-state index is -0.984. The Morgan fingerprint density at radius 1 is 1.50 bits per heavy atom. The molecule has 0 heterocycles. The third kappa shape index (κ3) is 2.30. The molecule has 0 aliphatic rings. The summed E-state index contributed by atoms with van der Waals surface area (Å²) >= 11 is 11.7. The van der Waals surface area contributed by atoms with E-state index in [-0.39, 0.29) is 11.4 Å². The smallest absolute Gasteiger partial charge is 0.307 e. The Bertz CT molecular complexity index is 363. The standard InChI is InChI=1S/C9H8Cl2O3/c1-14-7-3-2-6(10)5(9(7)11)4-8(12)13/h2-3H,4H2,1H3,(H,12,13). The normalized spacial score (nSPS) is 9.93. The van der Waals surface area contributed by atoms with Crippen LogP contribution in [0.2, 0.25) is 10.0 Å². The molecule has 0 fully saturated rings. The zero-order valence-corrected chi connectivity index (χ0v) is 8.89. The van der Waals surface area contributed by atoms with Crippen LogP contribution in [0, 0.1) is 0 Å². The maximum atomic E-state index is 10.5. The molecule has 3 nitrogen and oxygen atoms in total. The van der Waals surface area contributed by atoms with Gasteiger partial charge in [0.15, 0.2) is 0 Å². The van der Waals surface area contributed by atoms with Crippen LogP contribution in [0.15, 0.2) is 12.1 Å². The molecule has 0 aliphatic carbocycles. The van der Waals surface area contributed by atoms with Crippen molar-refractivity contribution in [1.82, 2.24) is 0 Å². The predicted molar refractivity (Wildman–Crippen MR) is 54.4 cm³/mol. The first kappa shape index (κ1) is 11.1. The Hall–Kier alpha value is -0.930. The SMILES string of the molecule is COc1ccc(Cl)c(CC(=O)O)c1Cl. The number of hydrogen-bond acceptors (Lipinski definition) is 2. The number of rotatable bonds is 3. The summed E-state index contributed by atoms with van der Waals surface area (Å²) in [5, 5.41) is 9.21. The third-order valence-electron chi connectivity index (χ3n) is 1.70. The number of ether oxygens (including phenoxy) is 1. The summed E-state index contributed by atoms with van der Waals surface area (Å²) < 4.78 is 4.94. The van der Waals surface area contributed by atoms with E-state index >= 15 is 0 Å². The van der Waals surface area contributed by atoms with Crippen molar-refractivity contribution in [3.63, 3.8) is 0 Å². The van der Waals surface area contributed by atoms with Gasteiger partial charge in [-0.15, -0.1) is 0 Å². The van der Waals surface area contributed by atoms with Crippen molar-refractivity contribution in [3.8, 4) is 5.75 Å². The van der Waals surface area contributed by atoms with E-state index < -0.39 is 5.97 Å². The van der Waals surface area contributed by atoms with Crippen molar-refractivity contribution >= 4 is 29.2 Å². The molecule has 0 spiro atoms. The largest absolute Gasteiger partial charge is 0.495 e. The van der Waals surface area contributed by atoms with Crippen LogP contribution in [-0.4, -0.2) is 18.2 Å². The Morgan fingerprint density at radius 2 is 2.14 bits per heavy atom. The number of halogens is 2. The second-order valence-corrected chi connectivity index (χ2v) is 3.40. The van der Waals surface area contributed by atoms with E-state index in [1.165, 1.54) is 7.11 Å². The molecule has 1 aromatic carbocycles. The summed E-state index contributed by atoms with van der Waals surface area (Å²) in [5.41, 5.74) is 0.375. The minimum absolute atomic E-state index is 0.213. The number of benzene rings is 1. The van der Waals surface area contributed by atoms with E-state index in [1.807, 2.05) is 0 Å². The van der Waals surface area contributed by atoms with Gasteiger partial charge >= 0.3 is 5.97 Å². The average molecular weight is 235 g/mol. The molecule has 0 unspecified atom stereocenters. The van der Waals surface area contributed by atoms with E-state index in [0.717, 1.165) is 0 Å². The molecule has 1 rings (SSSR count). The van der Waals surface area contributed by atoms with E-state index in [4.69, 9.17) is 33.0 Å². The van der Waals surface area contributed by atoms with Gasteiger partial charge in [0.25, 0.3) is 0 Å². The first-order valence-electron chi connectivity index (χ1n) is 3.79. The van der Waals surface area contributed by atoms with Gasteiger partial charge in [0, 0.05) is 10.6 Å². The summed E-state index contributed by atoms with van der Waals surface area (Å²) in [4.78, 5) is 10.5. The van der Waals surface area contributed by atoms with Gasteiger partial charge in [-0.25, -0.2) is 0 Å². The maximum Gasteiger partial charge on any atom is 0.307 e. The molecular weight excluding hydrogens is 227 g/mol. The van der Waals surface area contributed by atoms with Crippen LogP contribution in [0.25, 0.3) is 0 Å². The number of carboxylic acids is 1. The molecule has 0 saturated carbocycles. The molecule has 76 valence electrons. The van der Waals surface area contributed by atoms with Gasteiger partial charge in [0.1, 0.15) is 5.75 Å². The molecule has 0 atom stereocenters. The molecular formula is C9H8Cl2O3. The maximum absolute atomic E-state index is 10.5. The molecule has 0 radical (unpaired) electrons. The first-order chi connectivity index (χ1) is 6.56. The summed E-state index contributed by atoms with van der Waals surface area (Å²) in [6.45, 7) is 0. The van der Waals surface area contributed by atoms with Crippen molar-refractivity contribution in [2.75, 3.05) is 7.11 Å². The summed E-state index contributed by atoms with van der Waals surface area (Å²) in [6, 6.07) is 3.15. The lowest BCUT2D eigenvalue weighted by atomic mass is 10.1. The molecule has 0 aromatic heterocycles. The van der Waals surface area contributed by atoms with Crippen molar-refractivity contribution in [2.45, 2.75) is 6.42 Å². The minimum Gasteiger partial charge on any atom is -0.495 e. The fourth-order valence-electron chi connectivity index (χ4n) is 1.05. The van der Waals surface area contributed by atoms with E-state index in [1.54, 1.807) is 12.1 Å². The fraction of sp³-hybridized carbons (Fsp3) is 0.222. The van der Waals surface area contributed by atoms with Crippen molar-refractivity contribution in [3.05, 3.63) is 27.7 Å². The van der Waals surface area contributed by atoms with Crippen LogP contribution in [0.4, 0.5) is 0 Å². The second-order valence-electron chi connectivity index (χ2n) is 2.61. The molecule has 0 bridgehead atoms. The van der Waals surface area contributed by atoms with Crippen molar-refractivity contribution in [1.29, 1.82) is 0 Å². The average Bonchev–Trinajstić information content (AvgIpc) is 2.12. The van der Waals surface area contributed by atoms with Gasteiger partial charge in [0.2, 0.25) is 0 Å². The van der Waals surface area contributed by atoms with Gasteiger partial charge in [-0.2, -0.15) is 0 Å². The van der Waals surface area contributed by atoms with Gasteiger partial charge in [-0.3, -0.25) is 4.79 Å². The van der Waals surface area contributed by atoms with Crippen LogP contribution in [0.1, 0.15) is 5.56 Å². The Morgan fingerprint density at radius 3 is 2.64 bits per heavy atom. The number of carbonyl (C=O) groups is 1. The Labute approximate surface area is 91.2 Å². The van der Waals surface area contributed by atoms with Crippen molar-refractivity contribution in [2.24, 2.45) is 0 Å². The highest BCUT2D eigenvalue weighted by Crippen LogP contribution is 2.33. The van der Waals surface area contributed by atoms with Crippen LogP contribution in [-0.2, 0) is 11.2 Å². The Kier molecular flexibility index (Phi) is 3.61. The summed E-state index contributed by atoms with van der Waals surface area (Å²) in [6.07, 6.45) is -0.213. The lowest BCUT2D eigenvalue weighted by Gasteiger charge is -2.08. The van der Waals surface area contributed by atoms with Crippen molar-refractivity contribution < 1.29 is 14.6 Å². The number of aliphatic carboxylic acids is 1. The van der Waals surface area contributed by atoms with E-state index in [9.17, 15) is 4.79 Å². The number of methoxy groups -OCH3 is 1. The molecule has 1 aromatic rings. The van der Waals surface area contributed by atoms with Gasteiger partial charge in [-0.05, 0) is 12.1 Å². The number of hydrogen-bond donors (Lipinski definition) is 1. The quantitative estimate of drug-likeness (QED) is 0.875. The predicted octanol–water partition coefficient (Wildman–Crippen LogP) is 2.63. The van der Waals surface area contributed by atoms with Crippen LogP contribution >= 0.6 is 23.2 Å². The highest BCUT2D eigenvalue weighted by atomic mass is 35.5. The van der Waals surface area contributed by atoms with Gasteiger partial charge in [-0.1, -0.05) is 23.2 Å². The second kappa shape index (κ2) is 4.53. The molecule has 5 heteroatoms. The van der Waals surface area contributed by atoms with Gasteiger partial charge in [0.05, 0.1) is 18.6 Å². The summed E-state index contributed by atoms with van der Waals surface area (Å²) in [7, 11) is 1.46. The lowest BCUT2D eigenvalue weighted by Crippen LogP contribution is -2.02. The molecule has 0 amide bonds. The fourth-order valence-corrected chi connectivity index (χ4v) is 1.63. The zero-order chi connectivity index (χ0) is 10.7. The van der Waals surface area contributed by atoms with E-state index in [2.05, 4.69) is 0 Å². The zero-order valence-electron chi connectivity index (χ0n) is 7.38. The number of carboxylic acid groups (broad SMARTS) is 1.